The van der Waals surface area contributed by atoms with Gasteiger partial charge in [0.05, 0.1) is 11.1 Å². The summed E-state index contributed by atoms with van der Waals surface area (Å²) in [6.45, 7) is 6.08. The van der Waals surface area contributed by atoms with Crippen LogP contribution in [0.3, 0.4) is 0 Å². The lowest BCUT2D eigenvalue weighted by molar-refractivity contribution is -0.122. The molecule has 0 saturated carbocycles. The molecule has 8 nitrogen and oxygen atoms in total. The highest BCUT2D eigenvalue weighted by molar-refractivity contribution is 7.15. The number of carbonyl (C=O) groups excluding carboxylic acids is 3. The van der Waals surface area contributed by atoms with Crippen LogP contribution in [0.15, 0.2) is 48.5 Å². The molecule has 9 heteroatoms. The highest BCUT2D eigenvalue weighted by Gasteiger charge is 2.34. The molecule has 1 unspecified atom stereocenters. The molecule has 1 N–H and O–H groups in total. The lowest BCUT2D eigenvalue weighted by atomic mass is 10.0. The number of hydrogen-bond acceptors (Lipinski definition) is 7. The van der Waals surface area contributed by atoms with Crippen molar-refractivity contribution in [2.24, 2.45) is 0 Å². The van der Waals surface area contributed by atoms with Crippen molar-refractivity contribution < 1.29 is 19.1 Å². The van der Waals surface area contributed by atoms with Gasteiger partial charge in [0.1, 0.15) is 10.8 Å². The van der Waals surface area contributed by atoms with Crippen molar-refractivity contribution in [2.75, 3.05) is 11.9 Å². The number of hydrogen-bond donors (Lipinski definition) is 1. The zero-order valence-electron chi connectivity index (χ0n) is 18.6. The van der Waals surface area contributed by atoms with Gasteiger partial charge in [0, 0.05) is 13.0 Å². The molecule has 1 aliphatic heterocycles. The van der Waals surface area contributed by atoms with E-state index in [0.29, 0.717) is 39.4 Å². The Hall–Kier alpha value is -3.59. The predicted octanol–water partition coefficient (Wildman–Crippen LogP) is 3.91. The number of aromatic nitrogens is 2. The van der Waals surface area contributed by atoms with Gasteiger partial charge in [-0.15, -0.1) is 10.2 Å². The molecular weight excluding hydrogens is 440 g/mol. The Morgan fingerprint density at radius 2 is 1.64 bits per heavy atom. The highest BCUT2D eigenvalue weighted by atomic mass is 32.1. The average Bonchev–Trinajstić information content (AvgIpc) is 3.35. The summed E-state index contributed by atoms with van der Waals surface area (Å²) in [7, 11) is 0. The van der Waals surface area contributed by atoms with Crippen molar-refractivity contribution in [2.45, 2.75) is 39.2 Å². The van der Waals surface area contributed by atoms with E-state index in [9.17, 15) is 14.4 Å². The number of imide groups is 1. The number of rotatable bonds is 8. The molecule has 1 aliphatic rings. The summed E-state index contributed by atoms with van der Waals surface area (Å²) in [5.74, 6) is 0.0809. The van der Waals surface area contributed by atoms with Crippen LogP contribution in [-0.2, 0) is 11.2 Å². The van der Waals surface area contributed by atoms with Gasteiger partial charge in [-0.1, -0.05) is 49.4 Å². The van der Waals surface area contributed by atoms with Crippen molar-refractivity contribution in [3.8, 4) is 5.75 Å². The van der Waals surface area contributed by atoms with Crippen LogP contribution < -0.4 is 10.1 Å². The number of ether oxygens (including phenoxy) is 1. The molecule has 33 heavy (non-hydrogen) atoms. The van der Waals surface area contributed by atoms with Gasteiger partial charge in [-0.05, 0) is 42.7 Å². The Morgan fingerprint density at radius 3 is 2.24 bits per heavy atom. The lowest BCUT2D eigenvalue weighted by Gasteiger charge is -2.14. The van der Waals surface area contributed by atoms with Gasteiger partial charge >= 0.3 is 0 Å². The third-order valence-corrected chi connectivity index (χ3v) is 6.25. The molecule has 1 aromatic heterocycles. The molecule has 2 aromatic carbocycles. The van der Waals surface area contributed by atoms with E-state index in [0.717, 1.165) is 0 Å². The molecular formula is C24H24N4O4S. The van der Waals surface area contributed by atoms with Gasteiger partial charge in [-0.2, -0.15) is 0 Å². The fourth-order valence-corrected chi connectivity index (χ4v) is 4.18. The molecule has 2 heterocycles. The SMILES string of the molecule is CC(Oc1ccc(C(C)C)cc1)C(=O)Nc1nnc(CCN2C(=O)c3ccccc3C2=O)s1. The van der Waals surface area contributed by atoms with Crippen LogP contribution in [0.2, 0.25) is 0 Å². The molecule has 0 bridgehead atoms. The molecule has 3 aromatic rings. The van der Waals surface area contributed by atoms with E-state index in [1.54, 1.807) is 31.2 Å². The van der Waals surface area contributed by atoms with Gasteiger partial charge in [-0.3, -0.25) is 24.6 Å². The first-order chi connectivity index (χ1) is 15.8. The van der Waals surface area contributed by atoms with Crippen molar-refractivity contribution in [3.05, 3.63) is 70.2 Å². The number of fused-ring (bicyclic) bond motifs is 1. The Bertz CT molecular complexity index is 1150. The van der Waals surface area contributed by atoms with Crippen molar-refractivity contribution in [1.29, 1.82) is 0 Å². The second kappa shape index (κ2) is 9.50. The highest BCUT2D eigenvalue weighted by Crippen LogP contribution is 2.24. The smallest absolute Gasteiger partial charge is 0.266 e. The van der Waals surface area contributed by atoms with Gasteiger partial charge in [-0.25, -0.2) is 0 Å². The summed E-state index contributed by atoms with van der Waals surface area (Å²) in [6.07, 6.45) is -0.367. The number of nitrogens with zero attached hydrogens (tertiary/aromatic N) is 3. The molecule has 0 spiro atoms. The van der Waals surface area contributed by atoms with E-state index in [2.05, 4.69) is 29.4 Å². The maximum absolute atomic E-state index is 12.5. The number of benzene rings is 2. The number of anilines is 1. The van der Waals surface area contributed by atoms with Crippen molar-refractivity contribution in [1.82, 2.24) is 15.1 Å². The van der Waals surface area contributed by atoms with Gasteiger partial charge in [0.2, 0.25) is 5.13 Å². The Labute approximate surface area is 195 Å². The fraction of sp³-hybridized carbons (Fsp3) is 0.292. The zero-order valence-corrected chi connectivity index (χ0v) is 19.4. The van der Waals surface area contributed by atoms with E-state index in [1.807, 2.05) is 24.3 Å². The van der Waals surface area contributed by atoms with Crippen LogP contribution in [0, 0.1) is 0 Å². The standard InChI is InChI=1S/C24H24N4O4S/c1-14(2)16-8-10-17(11-9-16)32-15(3)21(29)25-24-27-26-20(33-24)12-13-28-22(30)18-6-4-5-7-19(18)23(28)31/h4-11,14-15H,12-13H2,1-3H3,(H,25,27,29). The minimum absolute atomic E-state index is 0.195. The van der Waals surface area contributed by atoms with Crippen LogP contribution in [0.1, 0.15) is 58.0 Å². The summed E-state index contributed by atoms with van der Waals surface area (Å²) in [4.78, 5) is 38.6. The van der Waals surface area contributed by atoms with Crippen LogP contribution >= 0.6 is 11.3 Å². The van der Waals surface area contributed by atoms with Crippen molar-refractivity contribution in [3.63, 3.8) is 0 Å². The lowest BCUT2D eigenvalue weighted by Crippen LogP contribution is -2.31. The molecule has 1 atom stereocenters. The second-order valence-electron chi connectivity index (χ2n) is 8.03. The van der Waals surface area contributed by atoms with E-state index < -0.39 is 6.10 Å². The van der Waals surface area contributed by atoms with E-state index in [-0.39, 0.29) is 24.3 Å². The molecule has 0 fully saturated rings. The second-order valence-corrected chi connectivity index (χ2v) is 9.09. The van der Waals surface area contributed by atoms with Crippen LogP contribution in [0.25, 0.3) is 0 Å². The van der Waals surface area contributed by atoms with Gasteiger partial charge < -0.3 is 4.74 Å². The first kappa shape index (κ1) is 22.6. The quantitative estimate of drug-likeness (QED) is 0.507. The minimum Gasteiger partial charge on any atom is -0.481 e. The van der Waals surface area contributed by atoms with Gasteiger partial charge in [0.15, 0.2) is 6.10 Å². The minimum atomic E-state index is -0.722. The molecule has 0 saturated heterocycles. The van der Waals surface area contributed by atoms with E-state index in [1.165, 1.54) is 21.8 Å². The Morgan fingerprint density at radius 1 is 1.00 bits per heavy atom. The molecule has 0 radical (unpaired) electrons. The fourth-order valence-electron chi connectivity index (χ4n) is 3.45. The van der Waals surface area contributed by atoms with E-state index >= 15 is 0 Å². The number of amides is 3. The maximum atomic E-state index is 12.5. The number of carbonyl (C=O) groups is 3. The average molecular weight is 465 g/mol. The largest absolute Gasteiger partial charge is 0.481 e. The van der Waals surface area contributed by atoms with E-state index in [4.69, 9.17) is 4.74 Å². The summed E-state index contributed by atoms with van der Waals surface area (Å²) in [5, 5.41) is 11.7. The van der Waals surface area contributed by atoms with Crippen molar-refractivity contribution >= 4 is 34.2 Å². The maximum Gasteiger partial charge on any atom is 0.266 e. The Kier molecular flexibility index (Phi) is 6.50. The first-order valence-electron chi connectivity index (χ1n) is 10.7. The summed E-state index contributed by atoms with van der Waals surface area (Å²) < 4.78 is 5.72. The summed E-state index contributed by atoms with van der Waals surface area (Å²) in [6, 6.07) is 14.4. The molecule has 170 valence electrons. The van der Waals surface area contributed by atoms with Crippen LogP contribution in [0.5, 0.6) is 5.75 Å². The summed E-state index contributed by atoms with van der Waals surface area (Å²) in [5.41, 5.74) is 2.03. The predicted molar refractivity (Wildman–Crippen MR) is 125 cm³/mol. The normalized spacial score (nSPS) is 13.9. The number of nitrogens with one attached hydrogen (secondary N) is 1. The Balaban J connectivity index is 1.30. The zero-order chi connectivity index (χ0) is 23.5. The summed E-state index contributed by atoms with van der Waals surface area (Å²) >= 11 is 1.20. The van der Waals surface area contributed by atoms with Crippen LogP contribution in [0.4, 0.5) is 5.13 Å². The topological polar surface area (TPSA) is 101 Å². The molecule has 4 rings (SSSR count). The van der Waals surface area contributed by atoms with Crippen LogP contribution in [-0.4, -0.2) is 45.5 Å². The third kappa shape index (κ3) is 4.93. The first-order valence-corrected chi connectivity index (χ1v) is 11.5. The van der Waals surface area contributed by atoms with Gasteiger partial charge in [0.25, 0.3) is 17.7 Å². The molecule has 0 aliphatic carbocycles. The third-order valence-electron chi connectivity index (χ3n) is 5.35. The molecule has 3 amide bonds. The monoisotopic (exact) mass is 464 g/mol.